The molecule has 112 valence electrons. The normalized spacial score (nSPS) is 12.9. The Hall–Kier alpha value is -1.07. The third-order valence-electron chi connectivity index (χ3n) is 2.86. The third kappa shape index (κ3) is 5.51. The number of carbonyl (C=O) groups excluding carboxylic acids is 1. The predicted molar refractivity (Wildman–Crippen MR) is 81.6 cm³/mol. The molecule has 0 bridgehead atoms. The van der Waals surface area contributed by atoms with Crippen molar-refractivity contribution in [1.82, 2.24) is 5.32 Å². The summed E-state index contributed by atoms with van der Waals surface area (Å²) in [5.41, 5.74) is 0.876. The summed E-state index contributed by atoms with van der Waals surface area (Å²) in [4.78, 5) is 11.8. The van der Waals surface area contributed by atoms with Gasteiger partial charge in [0.2, 0.25) is 5.91 Å². The van der Waals surface area contributed by atoms with Crippen LogP contribution in [0.15, 0.2) is 24.3 Å². The van der Waals surface area contributed by atoms with Gasteiger partial charge in [-0.15, -0.1) is 0 Å². The summed E-state index contributed by atoms with van der Waals surface area (Å²) in [5.74, 6) is -0.892. The fourth-order valence-electron chi connectivity index (χ4n) is 1.96. The van der Waals surface area contributed by atoms with Crippen molar-refractivity contribution in [2.45, 2.75) is 32.7 Å². The van der Waals surface area contributed by atoms with Crippen LogP contribution in [0, 0.1) is 0 Å². The average molecular weight is 318 g/mol. The Morgan fingerprint density at radius 1 is 1.35 bits per heavy atom. The van der Waals surface area contributed by atoms with Crippen LogP contribution in [0.5, 0.6) is 0 Å². The van der Waals surface area contributed by atoms with Crippen molar-refractivity contribution in [3.63, 3.8) is 0 Å². The Morgan fingerprint density at radius 3 is 2.60 bits per heavy atom. The first-order valence-electron chi connectivity index (χ1n) is 6.63. The van der Waals surface area contributed by atoms with E-state index in [0.717, 1.165) is 5.56 Å². The molecule has 1 N–H and O–H groups in total. The molecule has 0 fully saturated rings. The van der Waals surface area contributed by atoms with E-state index in [9.17, 15) is 13.2 Å². The van der Waals surface area contributed by atoms with E-state index in [1.807, 2.05) is 13.0 Å². The van der Waals surface area contributed by atoms with Gasteiger partial charge in [-0.2, -0.15) is 0 Å². The molecule has 0 spiro atoms. The Kier molecular flexibility index (Phi) is 6.49. The van der Waals surface area contributed by atoms with Crippen molar-refractivity contribution >= 4 is 27.3 Å². The number of hydrogen-bond donors (Lipinski definition) is 1. The topological polar surface area (TPSA) is 63.2 Å². The number of hydrogen-bond acceptors (Lipinski definition) is 3. The summed E-state index contributed by atoms with van der Waals surface area (Å²) in [6.45, 7) is 3.70. The lowest BCUT2D eigenvalue weighted by Gasteiger charge is -2.17. The summed E-state index contributed by atoms with van der Waals surface area (Å²) >= 11 is 5.92. The smallest absolute Gasteiger partial charge is 0.235 e. The molecule has 1 aromatic rings. The lowest BCUT2D eigenvalue weighted by atomic mass is 10.0. The van der Waals surface area contributed by atoms with Crippen LogP contribution < -0.4 is 5.32 Å². The zero-order valence-corrected chi connectivity index (χ0v) is 13.3. The van der Waals surface area contributed by atoms with E-state index in [1.54, 1.807) is 25.1 Å². The highest BCUT2D eigenvalue weighted by molar-refractivity contribution is 7.92. The van der Waals surface area contributed by atoms with Gasteiger partial charge in [-0.25, -0.2) is 8.42 Å². The van der Waals surface area contributed by atoms with E-state index in [4.69, 9.17) is 11.6 Å². The van der Waals surface area contributed by atoms with Gasteiger partial charge in [-0.1, -0.05) is 37.6 Å². The van der Waals surface area contributed by atoms with Gasteiger partial charge in [0.15, 0.2) is 9.84 Å². The van der Waals surface area contributed by atoms with E-state index in [-0.39, 0.29) is 11.8 Å². The first-order chi connectivity index (χ1) is 9.38. The minimum atomic E-state index is -3.31. The minimum Gasteiger partial charge on any atom is -0.348 e. The standard InChI is InChI=1S/C14H20ClNO3S/c1-3-8-20(18,19)10-14(17)16-13(4-2)11-6-5-7-12(15)9-11/h5-7,9,13H,3-4,8,10H2,1-2H3,(H,16,17). The number of carbonyl (C=O) groups is 1. The Bertz CT molecular complexity index is 557. The highest BCUT2D eigenvalue weighted by Crippen LogP contribution is 2.20. The van der Waals surface area contributed by atoms with Gasteiger partial charge in [0.25, 0.3) is 0 Å². The molecule has 4 nitrogen and oxygen atoms in total. The molecule has 1 aromatic carbocycles. The van der Waals surface area contributed by atoms with Crippen LogP contribution in [-0.4, -0.2) is 25.8 Å². The van der Waals surface area contributed by atoms with Crippen molar-refractivity contribution < 1.29 is 13.2 Å². The Balaban J connectivity index is 2.72. The minimum absolute atomic E-state index is 0.0361. The van der Waals surface area contributed by atoms with E-state index in [1.165, 1.54) is 0 Å². The number of halogens is 1. The molecular weight excluding hydrogens is 298 g/mol. The maximum atomic E-state index is 11.8. The maximum absolute atomic E-state index is 11.8. The lowest BCUT2D eigenvalue weighted by molar-refractivity contribution is -0.119. The molecule has 1 atom stereocenters. The first-order valence-corrected chi connectivity index (χ1v) is 8.83. The van der Waals surface area contributed by atoms with E-state index in [2.05, 4.69) is 5.32 Å². The monoisotopic (exact) mass is 317 g/mol. The van der Waals surface area contributed by atoms with Crippen molar-refractivity contribution in [2.24, 2.45) is 0 Å². The number of sulfone groups is 1. The molecule has 20 heavy (non-hydrogen) atoms. The quantitative estimate of drug-likeness (QED) is 0.841. The molecule has 1 amide bonds. The van der Waals surface area contributed by atoms with Crippen LogP contribution in [0.25, 0.3) is 0 Å². The summed E-state index contributed by atoms with van der Waals surface area (Å²) in [6, 6.07) is 6.97. The van der Waals surface area contributed by atoms with Crippen molar-refractivity contribution in [3.05, 3.63) is 34.9 Å². The molecule has 0 radical (unpaired) electrons. The van der Waals surface area contributed by atoms with Crippen LogP contribution in [0.3, 0.4) is 0 Å². The van der Waals surface area contributed by atoms with Gasteiger partial charge in [0, 0.05) is 5.02 Å². The van der Waals surface area contributed by atoms with E-state index in [0.29, 0.717) is 17.9 Å². The van der Waals surface area contributed by atoms with Crippen LogP contribution in [0.1, 0.15) is 38.3 Å². The number of rotatable bonds is 7. The second-order valence-electron chi connectivity index (χ2n) is 4.68. The first kappa shape index (κ1) is 17.0. The summed E-state index contributed by atoms with van der Waals surface area (Å²) in [5, 5.41) is 3.34. The van der Waals surface area contributed by atoms with Gasteiger partial charge in [0.05, 0.1) is 11.8 Å². The van der Waals surface area contributed by atoms with Crippen LogP contribution >= 0.6 is 11.6 Å². The van der Waals surface area contributed by atoms with Crippen LogP contribution in [0.4, 0.5) is 0 Å². The lowest BCUT2D eigenvalue weighted by Crippen LogP contribution is -2.34. The molecule has 0 aliphatic carbocycles. The molecule has 0 aliphatic heterocycles. The van der Waals surface area contributed by atoms with Gasteiger partial charge >= 0.3 is 0 Å². The summed E-state index contributed by atoms with van der Waals surface area (Å²) in [6.07, 6.45) is 1.18. The zero-order valence-electron chi connectivity index (χ0n) is 11.7. The van der Waals surface area contributed by atoms with Crippen molar-refractivity contribution in [1.29, 1.82) is 0 Å². The molecule has 6 heteroatoms. The molecule has 0 saturated carbocycles. The van der Waals surface area contributed by atoms with E-state index >= 15 is 0 Å². The maximum Gasteiger partial charge on any atom is 0.235 e. The zero-order chi connectivity index (χ0) is 15.2. The Labute approximate surface area is 125 Å². The number of nitrogens with one attached hydrogen (secondary N) is 1. The average Bonchev–Trinajstić information content (AvgIpc) is 2.35. The van der Waals surface area contributed by atoms with Crippen LogP contribution in [-0.2, 0) is 14.6 Å². The Morgan fingerprint density at radius 2 is 2.05 bits per heavy atom. The van der Waals surface area contributed by atoms with Gasteiger partial charge in [-0.3, -0.25) is 4.79 Å². The largest absolute Gasteiger partial charge is 0.348 e. The van der Waals surface area contributed by atoms with Crippen LogP contribution in [0.2, 0.25) is 5.02 Å². The number of benzene rings is 1. The predicted octanol–water partition coefficient (Wildman–Crippen LogP) is 2.73. The molecule has 0 aromatic heterocycles. The third-order valence-corrected chi connectivity index (χ3v) is 4.83. The highest BCUT2D eigenvalue weighted by atomic mass is 35.5. The van der Waals surface area contributed by atoms with Gasteiger partial charge < -0.3 is 5.32 Å². The van der Waals surface area contributed by atoms with Crippen molar-refractivity contribution in [3.8, 4) is 0 Å². The second kappa shape index (κ2) is 7.64. The fourth-order valence-corrected chi connectivity index (χ4v) is 3.41. The molecule has 0 saturated heterocycles. The second-order valence-corrected chi connectivity index (χ2v) is 7.30. The summed E-state index contributed by atoms with van der Waals surface area (Å²) < 4.78 is 23.2. The molecular formula is C14H20ClNO3S. The summed E-state index contributed by atoms with van der Waals surface area (Å²) in [7, 11) is -3.31. The van der Waals surface area contributed by atoms with Crippen molar-refractivity contribution in [2.75, 3.05) is 11.5 Å². The molecule has 0 aliphatic rings. The SMILES string of the molecule is CCCS(=O)(=O)CC(=O)NC(CC)c1cccc(Cl)c1. The highest BCUT2D eigenvalue weighted by Gasteiger charge is 2.19. The fraction of sp³-hybridized carbons (Fsp3) is 0.500. The molecule has 0 heterocycles. The van der Waals surface area contributed by atoms with E-state index < -0.39 is 21.5 Å². The molecule has 1 unspecified atom stereocenters. The molecule has 1 rings (SSSR count). The van der Waals surface area contributed by atoms with Gasteiger partial charge in [0.1, 0.15) is 5.75 Å². The number of amides is 1. The van der Waals surface area contributed by atoms with Gasteiger partial charge in [-0.05, 0) is 30.5 Å².